The van der Waals surface area contributed by atoms with Gasteiger partial charge in [0.25, 0.3) is 0 Å². The van der Waals surface area contributed by atoms with Crippen molar-refractivity contribution >= 4 is 22.3 Å². The molecule has 0 radical (unpaired) electrons. The molecule has 20 heavy (non-hydrogen) atoms. The highest BCUT2D eigenvalue weighted by Gasteiger charge is 2.32. The van der Waals surface area contributed by atoms with Crippen LogP contribution in [-0.2, 0) is 0 Å². The largest absolute Gasteiger partial charge is 0.405 e. The normalized spacial score (nSPS) is 12.1. The molecule has 0 atom stereocenters. The number of anilines is 2. The zero-order chi connectivity index (χ0) is 14.9. The topological polar surface area (TPSA) is 42.2 Å². The Morgan fingerprint density at radius 3 is 2.55 bits per heavy atom. The van der Waals surface area contributed by atoms with Crippen molar-refractivity contribution in [2.24, 2.45) is 0 Å². The first-order valence-corrected chi connectivity index (χ1v) is 6.25. The Balaban J connectivity index is 2.53. The van der Waals surface area contributed by atoms with E-state index in [1.165, 1.54) is 11.1 Å². The third-order valence-electron chi connectivity index (χ3n) is 3.03. The Labute approximate surface area is 115 Å². The summed E-state index contributed by atoms with van der Waals surface area (Å²) in [6.07, 6.45) is -2.75. The number of nitrogens with two attached hydrogens (primary N) is 1. The number of fused-ring (bicyclic) bond motifs is 1. The number of halogens is 3. The second kappa shape index (κ2) is 5.19. The quantitative estimate of drug-likeness (QED) is 0.875. The molecule has 0 fully saturated rings. The molecule has 0 bridgehead atoms. The van der Waals surface area contributed by atoms with Crippen LogP contribution in [0.1, 0.15) is 13.8 Å². The van der Waals surface area contributed by atoms with E-state index < -0.39 is 12.7 Å². The van der Waals surface area contributed by atoms with Gasteiger partial charge in [0, 0.05) is 29.0 Å². The van der Waals surface area contributed by atoms with Crippen LogP contribution in [0.4, 0.5) is 24.5 Å². The van der Waals surface area contributed by atoms with Crippen LogP contribution in [0.25, 0.3) is 10.9 Å². The van der Waals surface area contributed by atoms with Gasteiger partial charge in [0.15, 0.2) is 0 Å². The summed E-state index contributed by atoms with van der Waals surface area (Å²) in [5.41, 5.74) is 7.32. The number of benzene rings is 1. The number of alkyl halides is 3. The highest BCUT2D eigenvalue weighted by atomic mass is 19.4. The van der Waals surface area contributed by atoms with E-state index in [0.717, 1.165) is 0 Å². The van der Waals surface area contributed by atoms with Crippen molar-refractivity contribution < 1.29 is 13.2 Å². The Kier molecular flexibility index (Phi) is 3.74. The lowest BCUT2D eigenvalue weighted by Crippen LogP contribution is -2.39. The highest BCUT2D eigenvalue weighted by Crippen LogP contribution is 2.30. The molecular formula is C14H16F3N3. The van der Waals surface area contributed by atoms with Crippen LogP contribution < -0.4 is 10.6 Å². The number of nitrogens with zero attached hydrogens (tertiary/aromatic N) is 2. The maximum absolute atomic E-state index is 12.7. The predicted octanol–water partition coefficient (Wildman–Crippen LogP) is 3.59. The molecule has 0 aliphatic carbocycles. The third-order valence-corrected chi connectivity index (χ3v) is 3.03. The summed E-state index contributed by atoms with van der Waals surface area (Å²) < 4.78 is 38.2. The smallest absolute Gasteiger partial charge is 0.399 e. The monoisotopic (exact) mass is 283 g/mol. The Bertz CT molecular complexity index is 608. The van der Waals surface area contributed by atoms with Gasteiger partial charge >= 0.3 is 6.18 Å². The van der Waals surface area contributed by atoms with Crippen molar-refractivity contribution in [3.63, 3.8) is 0 Å². The van der Waals surface area contributed by atoms with Crippen molar-refractivity contribution in [1.29, 1.82) is 0 Å². The van der Waals surface area contributed by atoms with Gasteiger partial charge in [0.2, 0.25) is 0 Å². The summed E-state index contributed by atoms with van der Waals surface area (Å²) in [7, 11) is 0. The van der Waals surface area contributed by atoms with E-state index in [1.807, 2.05) is 0 Å². The Morgan fingerprint density at radius 1 is 1.25 bits per heavy atom. The molecule has 1 aromatic heterocycles. The summed E-state index contributed by atoms with van der Waals surface area (Å²) >= 11 is 0. The fourth-order valence-corrected chi connectivity index (χ4v) is 2.14. The lowest BCUT2D eigenvalue weighted by atomic mass is 10.1. The maximum Gasteiger partial charge on any atom is 0.405 e. The van der Waals surface area contributed by atoms with Gasteiger partial charge in [-0.25, -0.2) is 0 Å². The van der Waals surface area contributed by atoms with Crippen molar-refractivity contribution in [3.05, 3.63) is 30.5 Å². The number of aromatic nitrogens is 1. The summed E-state index contributed by atoms with van der Waals surface area (Å²) in [5, 5.41) is 0.666. The van der Waals surface area contributed by atoms with Gasteiger partial charge in [0.05, 0.1) is 5.52 Å². The van der Waals surface area contributed by atoms with Gasteiger partial charge in [-0.05, 0) is 38.1 Å². The average Bonchev–Trinajstić information content (AvgIpc) is 2.33. The molecule has 2 aromatic rings. The van der Waals surface area contributed by atoms with Crippen LogP contribution in [-0.4, -0.2) is 23.7 Å². The van der Waals surface area contributed by atoms with Gasteiger partial charge in [-0.2, -0.15) is 13.2 Å². The fraction of sp³-hybridized carbons (Fsp3) is 0.357. The molecule has 0 saturated carbocycles. The summed E-state index contributed by atoms with van der Waals surface area (Å²) in [6, 6.07) is 6.35. The molecule has 3 nitrogen and oxygen atoms in total. The van der Waals surface area contributed by atoms with Crippen molar-refractivity contribution in [1.82, 2.24) is 4.98 Å². The van der Waals surface area contributed by atoms with E-state index in [4.69, 9.17) is 5.73 Å². The SMILES string of the molecule is CC(C)N(CC(F)(F)F)c1ccnc2cc(N)ccc12. The molecule has 1 aromatic carbocycles. The van der Waals surface area contributed by atoms with Gasteiger partial charge < -0.3 is 10.6 Å². The zero-order valence-corrected chi connectivity index (χ0v) is 11.3. The zero-order valence-electron chi connectivity index (χ0n) is 11.3. The maximum atomic E-state index is 12.7. The lowest BCUT2D eigenvalue weighted by molar-refractivity contribution is -0.120. The van der Waals surface area contributed by atoms with Gasteiger partial charge in [0.1, 0.15) is 6.54 Å². The second-order valence-electron chi connectivity index (χ2n) is 4.94. The van der Waals surface area contributed by atoms with Crippen LogP contribution in [0.15, 0.2) is 30.5 Å². The first-order chi connectivity index (χ1) is 9.28. The molecule has 2 N–H and O–H groups in total. The van der Waals surface area contributed by atoms with Crippen LogP contribution in [0.5, 0.6) is 0 Å². The van der Waals surface area contributed by atoms with Gasteiger partial charge in [-0.15, -0.1) is 0 Å². The summed E-state index contributed by atoms with van der Waals surface area (Å²) in [4.78, 5) is 5.47. The van der Waals surface area contributed by atoms with E-state index in [9.17, 15) is 13.2 Å². The van der Waals surface area contributed by atoms with Gasteiger partial charge in [-0.3, -0.25) is 4.98 Å². The Morgan fingerprint density at radius 2 is 1.95 bits per heavy atom. The molecule has 0 aliphatic rings. The van der Waals surface area contributed by atoms with Crippen LogP contribution >= 0.6 is 0 Å². The van der Waals surface area contributed by atoms with Crippen molar-refractivity contribution in [2.75, 3.05) is 17.2 Å². The molecule has 2 rings (SSSR count). The molecule has 1 heterocycles. The molecule has 0 spiro atoms. The van der Waals surface area contributed by atoms with Crippen LogP contribution in [0.2, 0.25) is 0 Å². The lowest BCUT2D eigenvalue weighted by Gasteiger charge is -2.30. The number of hydrogen-bond acceptors (Lipinski definition) is 3. The number of nitrogen functional groups attached to an aromatic ring is 1. The summed E-state index contributed by atoms with van der Waals surface area (Å²) in [6.45, 7) is 2.47. The predicted molar refractivity (Wildman–Crippen MR) is 74.7 cm³/mol. The van der Waals surface area contributed by atoms with E-state index in [0.29, 0.717) is 22.3 Å². The fourth-order valence-electron chi connectivity index (χ4n) is 2.14. The minimum absolute atomic E-state index is 0.278. The van der Waals surface area contributed by atoms with E-state index >= 15 is 0 Å². The van der Waals surface area contributed by atoms with Crippen molar-refractivity contribution in [3.8, 4) is 0 Å². The first-order valence-electron chi connectivity index (χ1n) is 6.25. The van der Waals surface area contributed by atoms with E-state index in [1.54, 1.807) is 38.1 Å². The average molecular weight is 283 g/mol. The first kappa shape index (κ1) is 14.4. The minimum Gasteiger partial charge on any atom is -0.399 e. The number of rotatable bonds is 3. The summed E-state index contributed by atoms with van der Waals surface area (Å²) in [5.74, 6) is 0. The van der Waals surface area contributed by atoms with E-state index in [-0.39, 0.29) is 6.04 Å². The molecule has 0 amide bonds. The second-order valence-corrected chi connectivity index (χ2v) is 4.94. The molecule has 108 valence electrons. The van der Waals surface area contributed by atoms with Crippen molar-refractivity contribution in [2.45, 2.75) is 26.1 Å². The molecular weight excluding hydrogens is 267 g/mol. The molecule has 0 aliphatic heterocycles. The standard InChI is InChI=1S/C14H16F3N3/c1-9(2)20(8-14(15,16)17)13-5-6-19-12-7-10(18)3-4-11(12)13/h3-7,9H,8,18H2,1-2H3. The van der Waals surface area contributed by atoms with Crippen LogP contribution in [0, 0.1) is 0 Å². The number of hydrogen-bond donors (Lipinski definition) is 1. The van der Waals surface area contributed by atoms with Gasteiger partial charge in [-0.1, -0.05) is 0 Å². The van der Waals surface area contributed by atoms with E-state index in [2.05, 4.69) is 4.98 Å². The Hall–Kier alpha value is -1.98. The molecule has 0 unspecified atom stereocenters. The molecule has 0 saturated heterocycles. The molecule has 6 heteroatoms. The van der Waals surface area contributed by atoms with Crippen LogP contribution in [0.3, 0.4) is 0 Å². The number of pyridine rings is 1. The minimum atomic E-state index is -4.26. The highest BCUT2D eigenvalue weighted by molar-refractivity contribution is 5.93. The third kappa shape index (κ3) is 3.12.